The molecule has 60 valence electrons. The van der Waals surface area contributed by atoms with Crippen molar-refractivity contribution in [2.45, 2.75) is 4.57 Å². The van der Waals surface area contributed by atoms with Crippen LogP contribution in [0.3, 0.4) is 0 Å². The van der Waals surface area contributed by atoms with Crippen LogP contribution in [-0.2, 0) is 14.1 Å². The zero-order chi connectivity index (χ0) is 8.36. The number of alkyl halides is 1. The molecule has 0 aromatic heterocycles. The molecule has 0 heterocycles. The van der Waals surface area contributed by atoms with Crippen molar-refractivity contribution in [2.75, 3.05) is 20.4 Å². The second-order valence-corrected chi connectivity index (χ2v) is 7.30. The van der Waals surface area contributed by atoms with E-state index in [2.05, 4.69) is 20.7 Å². The number of esters is 1. The predicted molar refractivity (Wildman–Crippen MR) is 44.2 cm³/mol. The highest BCUT2D eigenvalue weighted by atomic mass is 79.9. The lowest BCUT2D eigenvalue weighted by Crippen LogP contribution is -2.14. The molecule has 1 atom stereocenters. The summed E-state index contributed by atoms with van der Waals surface area (Å²) in [6, 6.07) is 0. The van der Waals surface area contributed by atoms with Gasteiger partial charge in [0, 0.05) is 0 Å². The summed E-state index contributed by atoms with van der Waals surface area (Å²) >= 11 is 2.99. The van der Waals surface area contributed by atoms with E-state index in [0.29, 0.717) is 0 Å². The van der Waals surface area contributed by atoms with Crippen molar-refractivity contribution in [3.8, 4) is 0 Å². The number of rotatable bonds is 2. The van der Waals surface area contributed by atoms with E-state index in [4.69, 9.17) is 0 Å². The van der Waals surface area contributed by atoms with E-state index in [1.807, 2.05) is 0 Å². The zero-order valence-corrected chi connectivity index (χ0v) is 8.61. The van der Waals surface area contributed by atoms with E-state index in [1.54, 1.807) is 0 Å². The summed E-state index contributed by atoms with van der Waals surface area (Å²) in [5, 5.41) is 0. The van der Waals surface area contributed by atoms with Gasteiger partial charge in [-0.2, -0.15) is 0 Å². The number of methoxy groups -OCH3 is 1. The van der Waals surface area contributed by atoms with Crippen molar-refractivity contribution in [1.82, 2.24) is 0 Å². The smallest absolute Gasteiger partial charge is 0.327 e. The maximum Gasteiger partial charge on any atom is 0.327 e. The third-order valence-electron chi connectivity index (χ3n) is 0.942. The molecule has 0 aromatic carbocycles. The summed E-state index contributed by atoms with van der Waals surface area (Å²) in [5.74, 6) is -0.478. The first-order chi connectivity index (χ1) is 4.39. The standard InChI is InChI=1S/C5H10BrO3P/c1-9-5(7)4(6)10(2,3)8/h4H,1-3H3. The summed E-state index contributed by atoms with van der Waals surface area (Å²) in [6.07, 6.45) is 0. The minimum absolute atomic E-state index is 0.478. The number of carbonyl (C=O) groups is 1. The molecule has 0 aliphatic carbocycles. The third-order valence-corrected chi connectivity index (χ3v) is 5.58. The summed E-state index contributed by atoms with van der Waals surface area (Å²) in [5.41, 5.74) is 0. The normalized spacial score (nSPS) is 14.4. The Hall–Kier alpha value is 0.180. The molecular formula is C5H10BrO3P. The van der Waals surface area contributed by atoms with Gasteiger partial charge < -0.3 is 9.30 Å². The molecule has 0 saturated heterocycles. The molecule has 10 heavy (non-hydrogen) atoms. The average molecular weight is 229 g/mol. The van der Waals surface area contributed by atoms with Gasteiger partial charge in [-0.15, -0.1) is 0 Å². The van der Waals surface area contributed by atoms with Crippen molar-refractivity contribution in [3.63, 3.8) is 0 Å². The van der Waals surface area contributed by atoms with Crippen molar-refractivity contribution in [2.24, 2.45) is 0 Å². The lowest BCUT2D eigenvalue weighted by molar-refractivity contribution is -0.138. The number of hydrogen-bond acceptors (Lipinski definition) is 3. The van der Waals surface area contributed by atoms with Gasteiger partial charge >= 0.3 is 5.97 Å². The first-order valence-electron chi connectivity index (χ1n) is 2.66. The molecular weight excluding hydrogens is 219 g/mol. The quantitative estimate of drug-likeness (QED) is 0.409. The van der Waals surface area contributed by atoms with E-state index in [1.165, 1.54) is 20.4 Å². The highest BCUT2D eigenvalue weighted by Crippen LogP contribution is 2.46. The van der Waals surface area contributed by atoms with Crippen LogP contribution in [0.2, 0.25) is 0 Å². The minimum atomic E-state index is -2.39. The Bertz CT molecular complexity index is 174. The highest BCUT2D eigenvalue weighted by molar-refractivity contribution is 9.11. The Kier molecular flexibility index (Phi) is 3.60. The fraction of sp³-hybridized carbons (Fsp3) is 0.800. The summed E-state index contributed by atoms with van der Waals surface area (Å²) in [7, 11) is -1.12. The largest absolute Gasteiger partial charge is 0.468 e. The molecule has 5 heteroatoms. The van der Waals surface area contributed by atoms with Gasteiger partial charge in [0.1, 0.15) is 7.14 Å². The minimum Gasteiger partial charge on any atom is -0.468 e. The van der Waals surface area contributed by atoms with Crippen molar-refractivity contribution >= 4 is 29.0 Å². The molecule has 0 N–H and O–H groups in total. The zero-order valence-electron chi connectivity index (χ0n) is 6.13. The van der Waals surface area contributed by atoms with Crippen LogP contribution in [0.25, 0.3) is 0 Å². The maximum atomic E-state index is 11.2. The molecule has 0 rings (SSSR count). The van der Waals surface area contributed by atoms with Crippen LogP contribution in [0.4, 0.5) is 0 Å². The number of halogens is 1. The highest BCUT2D eigenvalue weighted by Gasteiger charge is 2.27. The predicted octanol–water partition coefficient (Wildman–Crippen LogP) is 1.50. The van der Waals surface area contributed by atoms with Crippen LogP contribution in [-0.4, -0.2) is 31.0 Å². The van der Waals surface area contributed by atoms with E-state index in [0.717, 1.165) is 0 Å². The molecule has 1 unspecified atom stereocenters. The molecule has 0 aliphatic heterocycles. The summed E-state index contributed by atoms with van der Waals surface area (Å²) < 4.78 is 14.9. The average Bonchev–Trinajstić information content (AvgIpc) is 1.83. The van der Waals surface area contributed by atoms with Crippen molar-refractivity contribution < 1.29 is 14.1 Å². The number of carbonyl (C=O) groups excluding carboxylic acids is 1. The maximum absolute atomic E-state index is 11.2. The number of ether oxygens (including phenoxy) is 1. The molecule has 0 amide bonds. The van der Waals surface area contributed by atoms with E-state index in [-0.39, 0.29) is 0 Å². The van der Waals surface area contributed by atoms with Crippen LogP contribution in [0, 0.1) is 0 Å². The topological polar surface area (TPSA) is 43.4 Å². The van der Waals surface area contributed by atoms with E-state index < -0.39 is 17.7 Å². The molecule has 0 bridgehead atoms. The van der Waals surface area contributed by atoms with Gasteiger partial charge in [-0.1, -0.05) is 15.9 Å². The lowest BCUT2D eigenvalue weighted by atomic mass is 10.8. The fourth-order valence-corrected chi connectivity index (χ4v) is 1.15. The molecule has 0 spiro atoms. The Morgan fingerprint density at radius 3 is 2.10 bits per heavy atom. The number of hydrogen-bond donors (Lipinski definition) is 0. The summed E-state index contributed by atoms with van der Waals surface area (Å²) in [4.78, 5) is 10.7. The second-order valence-electron chi connectivity index (χ2n) is 2.29. The van der Waals surface area contributed by atoms with Crippen LogP contribution < -0.4 is 0 Å². The molecule has 3 nitrogen and oxygen atoms in total. The van der Waals surface area contributed by atoms with Gasteiger partial charge in [0.15, 0.2) is 4.57 Å². The monoisotopic (exact) mass is 228 g/mol. The van der Waals surface area contributed by atoms with Crippen LogP contribution >= 0.6 is 23.1 Å². The molecule has 0 fully saturated rings. The van der Waals surface area contributed by atoms with Crippen LogP contribution in [0.1, 0.15) is 0 Å². The van der Waals surface area contributed by atoms with E-state index in [9.17, 15) is 9.36 Å². The van der Waals surface area contributed by atoms with Gasteiger partial charge in [-0.25, -0.2) is 0 Å². The Morgan fingerprint density at radius 1 is 1.60 bits per heavy atom. The van der Waals surface area contributed by atoms with Crippen LogP contribution in [0.15, 0.2) is 0 Å². The lowest BCUT2D eigenvalue weighted by Gasteiger charge is -2.11. The van der Waals surface area contributed by atoms with Gasteiger partial charge in [-0.05, 0) is 13.3 Å². The van der Waals surface area contributed by atoms with Gasteiger partial charge in [0.05, 0.1) is 7.11 Å². The Balaban J connectivity index is 4.23. The van der Waals surface area contributed by atoms with Crippen molar-refractivity contribution in [3.05, 3.63) is 0 Å². The Morgan fingerprint density at radius 2 is 2.00 bits per heavy atom. The van der Waals surface area contributed by atoms with Crippen LogP contribution in [0.5, 0.6) is 0 Å². The first kappa shape index (κ1) is 10.2. The van der Waals surface area contributed by atoms with Gasteiger partial charge in [-0.3, -0.25) is 4.79 Å². The SMILES string of the molecule is COC(=O)C(Br)P(C)(C)=O. The molecule has 0 radical (unpaired) electrons. The fourth-order valence-electron chi connectivity index (χ4n) is 0.351. The first-order valence-corrected chi connectivity index (χ1v) is 6.24. The Labute approximate surface area is 68.6 Å². The van der Waals surface area contributed by atoms with Crippen molar-refractivity contribution in [1.29, 1.82) is 0 Å². The molecule has 0 aromatic rings. The molecule has 0 saturated carbocycles. The third kappa shape index (κ3) is 2.84. The molecule has 0 aliphatic rings. The van der Waals surface area contributed by atoms with E-state index >= 15 is 0 Å². The van der Waals surface area contributed by atoms with Gasteiger partial charge in [0.25, 0.3) is 0 Å². The second kappa shape index (κ2) is 3.54. The summed E-state index contributed by atoms with van der Waals surface area (Å²) in [6.45, 7) is 3.06. The van der Waals surface area contributed by atoms with Gasteiger partial charge in [0.2, 0.25) is 0 Å².